The Hall–Kier alpha value is -2.53. The number of fused-ring (bicyclic) bond motifs is 1. The Morgan fingerprint density at radius 3 is 2.29 bits per heavy atom. The summed E-state index contributed by atoms with van der Waals surface area (Å²) < 4.78 is 16.7. The molecule has 0 bridgehead atoms. The second kappa shape index (κ2) is 7.84. The van der Waals surface area contributed by atoms with Crippen LogP contribution in [0.5, 0.6) is 17.2 Å². The number of rotatable bonds is 6. The van der Waals surface area contributed by atoms with Gasteiger partial charge in [0.15, 0.2) is 17.6 Å². The monoisotopic (exact) mass is 381 g/mol. The van der Waals surface area contributed by atoms with Crippen molar-refractivity contribution in [1.29, 1.82) is 0 Å². The standard InChI is InChI=1S/C23H27NO4/c1-15(24-10-4-5-11-24)16-6-8-18(9-7-16)28-22-13-17-12-20(26-2)21(27-3)14-19(17)23(22)25/h6-9,12,14-15,22H,4-5,10-11,13H2,1-3H3. The highest BCUT2D eigenvalue weighted by Crippen LogP contribution is 2.36. The van der Waals surface area contributed by atoms with Crippen molar-refractivity contribution in [2.24, 2.45) is 0 Å². The Kier molecular flexibility index (Phi) is 5.27. The Morgan fingerprint density at radius 1 is 1.00 bits per heavy atom. The van der Waals surface area contributed by atoms with Gasteiger partial charge in [0, 0.05) is 18.0 Å². The molecule has 0 aromatic heterocycles. The van der Waals surface area contributed by atoms with Crippen molar-refractivity contribution in [3.05, 3.63) is 53.1 Å². The molecule has 5 nitrogen and oxygen atoms in total. The van der Waals surface area contributed by atoms with Gasteiger partial charge in [-0.25, -0.2) is 0 Å². The third kappa shape index (κ3) is 3.47. The van der Waals surface area contributed by atoms with Gasteiger partial charge >= 0.3 is 0 Å². The summed E-state index contributed by atoms with van der Waals surface area (Å²) in [5.41, 5.74) is 2.87. The van der Waals surface area contributed by atoms with Crippen molar-refractivity contribution in [1.82, 2.24) is 4.90 Å². The summed E-state index contributed by atoms with van der Waals surface area (Å²) in [4.78, 5) is 15.3. The van der Waals surface area contributed by atoms with E-state index in [1.54, 1.807) is 20.3 Å². The average Bonchev–Trinajstić information content (AvgIpc) is 3.36. The molecule has 1 fully saturated rings. The highest BCUT2D eigenvalue weighted by Gasteiger charge is 2.34. The zero-order chi connectivity index (χ0) is 19.7. The first-order valence-corrected chi connectivity index (χ1v) is 9.90. The predicted molar refractivity (Wildman–Crippen MR) is 108 cm³/mol. The maximum atomic E-state index is 12.8. The molecule has 0 radical (unpaired) electrons. The fourth-order valence-electron chi connectivity index (χ4n) is 4.21. The minimum Gasteiger partial charge on any atom is -0.493 e. The zero-order valence-corrected chi connectivity index (χ0v) is 16.7. The molecule has 5 heteroatoms. The SMILES string of the molecule is COc1cc2c(cc1OC)C(=O)C(Oc1ccc(C(C)N3CCCC3)cc1)C2. The summed E-state index contributed by atoms with van der Waals surface area (Å²) in [6.45, 7) is 4.58. The van der Waals surface area contributed by atoms with Crippen molar-refractivity contribution in [2.75, 3.05) is 27.3 Å². The smallest absolute Gasteiger partial charge is 0.204 e. The molecular formula is C23H27NO4. The van der Waals surface area contributed by atoms with E-state index < -0.39 is 6.10 Å². The maximum Gasteiger partial charge on any atom is 0.204 e. The second-order valence-corrected chi connectivity index (χ2v) is 7.53. The molecule has 2 atom stereocenters. The van der Waals surface area contributed by atoms with E-state index in [1.165, 1.54) is 31.5 Å². The number of carbonyl (C=O) groups excluding carboxylic acids is 1. The van der Waals surface area contributed by atoms with Gasteiger partial charge in [-0.15, -0.1) is 0 Å². The van der Waals surface area contributed by atoms with Gasteiger partial charge in [0.05, 0.1) is 14.2 Å². The molecule has 2 unspecified atom stereocenters. The lowest BCUT2D eigenvalue weighted by Crippen LogP contribution is -2.24. The molecule has 1 heterocycles. The quantitative estimate of drug-likeness (QED) is 0.756. The molecule has 2 aromatic rings. The molecule has 0 N–H and O–H groups in total. The van der Waals surface area contributed by atoms with Crippen LogP contribution in [0.1, 0.15) is 47.3 Å². The van der Waals surface area contributed by atoms with Crippen LogP contribution in [0.2, 0.25) is 0 Å². The third-order valence-corrected chi connectivity index (χ3v) is 5.90. The lowest BCUT2D eigenvalue weighted by molar-refractivity contribution is 0.0821. The van der Waals surface area contributed by atoms with Crippen LogP contribution in [-0.4, -0.2) is 44.1 Å². The summed E-state index contributed by atoms with van der Waals surface area (Å²) >= 11 is 0. The number of hydrogen-bond acceptors (Lipinski definition) is 5. The van der Waals surface area contributed by atoms with E-state index in [2.05, 4.69) is 24.0 Å². The number of ketones is 1. The predicted octanol–water partition coefficient (Wildman–Crippen LogP) is 4.05. The number of likely N-dealkylation sites (tertiary alicyclic amines) is 1. The molecule has 0 amide bonds. The second-order valence-electron chi connectivity index (χ2n) is 7.53. The number of nitrogens with zero attached hydrogens (tertiary/aromatic N) is 1. The van der Waals surface area contributed by atoms with Crippen LogP contribution in [0.4, 0.5) is 0 Å². The summed E-state index contributed by atoms with van der Waals surface area (Å²) in [5.74, 6) is 1.92. The van der Waals surface area contributed by atoms with Crippen LogP contribution in [0.25, 0.3) is 0 Å². The van der Waals surface area contributed by atoms with Crippen LogP contribution < -0.4 is 14.2 Å². The topological polar surface area (TPSA) is 48.0 Å². The van der Waals surface area contributed by atoms with Crippen LogP contribution in [0, 0.1) is 0 Å². The lowest BCUT2D eigenvalue weighted by Gasteiger charge is -2.24. The van der Waals surface area contributed by atoms with Crippen molar-refractivity contribution >= 4 is 5.78 Å². The van der Waals surface area contributed by atoms with E-state index in [9.17, 15) is 4.79 Å². The summed E-state index contributed by atoms with van der Waals surface area (Å²) in [6, 6.07) is 12.2. The average molecular weight is 381 g/mol. The third-order valence-electron chi connectivity index (χ3n) is 5.90. The van der Waals surface area contributed by atoms with Gasteiger partial charge in [-0.3, -0.25) is 9.69 Å². The highest BCUT2D eigenvalue weighted by atomic mass is 16.5. The summed E-state index contributed by atoms with van der Waals surface area (Å²) in [7, 11) is 3.17. The van der Waals surface area contributed by atoms with Gasteiger partial charge in [0.25, 0.3) is 0 Å². The first-order chi connectivity index (χ1) is 13.6. The molecular weight excluding hydrogens is 354 g/mol. The van der Waals surface area contributed by atoms with Crippen molar-refractivity contribution in [3.63, 3.8) is 0 Å². The van der Waals surface area contributed by atoms with Crippen molar-refractivity contribution in [3.8, 4) is 17.2 Å². The Bertz CT molecular complexity index is 856. The fraction of sp³-hybridized carbons (Fsp3) is 0.435. The number of ether oxygens (including phenoxy) is 3. The number of carbonyl (C=O) groups is 1. The number of Topliss-reactive ketones (excluding diaryl/α,β-unsaturated/α-hetero) is 1. The van der Waals surface area contributed by atoms with E-state index in [-0.39, 0.29) is 5.78 Å². The molecule has 2 aliphatic rings. The van der Waals surface area contributed by atoms with E-state index in [0.29, 0.717) is 29.5 Å². The first-order valence-electron chi connectivity index (χ1n) is 9.90. The minimum absolute atomic E-state index is 0.00883. The molecule has 0 spiro atoms. The van der Waals surface area contributed by atoms with Crippen molar-refractivity contribution in [2.45, 2.75) is 38.3 Å². The fourth-order valence-corrected chi connectivity index (χ4v) is 4.21. The van der Waals surface area contributed by atoms with Crippen LogP contribution in [0.3, 0.4) is 0 Å². The largest absolute Gasteiger partial charge is 0.493 e. The van der Waals surface area contributed by atoms with Gasteiger partial charge in [-0.05, 0) is 68.2 Å². The molecule has 1 aliphatic heterocycles. The summed E-state index contributed by atoms with van der Waals surface area (Å²) in [5, 5.41) is 0. The number of benzene rings is 2. The Balaban J connectivity index is 1.46. The molecule has 28 heavy (non-hydrogen) atoms. The minimum atomic E-state index is -0.506. The van der Waals surface area contributed by atoms with Crippen LogP contribution in [-0.2, 0) is 6.42 Å². The molecule has 0 saturated carbocycles. The zero-order valence-electron chi connectivity index (χ0n) is 16.7. The van der Waals surface area contributed by atoms with E-state index in [1.807, 2.05) is 18.2 Å². The van der Waals surface area contributed by atoms with Gasteiger partial charge in [0.2, 0.25) is 5.78 Å². The number of methoxy groups -OCH3 is 2. The molecule has 2 aromatic carbocycles. The number of hydrogen-bond donors (Lipinski definition) is 0. The van der Waals surface area contributed by atoms with E-state index >= 15 is 0 Å². The summed E-state index contributed by atoms with van der Waals surface area (Å²) in [6.07, 6.45) is 2.60. The highest BCUT2D eigenvalue weighted by molar-refractivity contribution is 6.04. The lowest BCUT2D eigenvalue weighted by atomic mass is 10.1. The Labute approximate surface area is 166 Å². The van der Waals surface area contributed by atoms with Gasteiger partial charge in [-0.1, -0.05) is 12.1 Å². The molecule has 1 saturated heterocycles. The van der Waals surface area contributed by atoms with Gasteiger partial charge in [-0.2, -0.15) is 0 Å². The normalized spacial score (nSPS) is 20.1. The van der Waals surface area contributed by atoms with Crippen LogP contribution in [0.15, 0.2) is 36.4 Å². The molecule has 4 rings (SSSR count). The Morgan fingerprint density at radius 2 is 1.64 bits per heavy atom. The van der Waals surface area contributed by atoms with Gasteiger partial charge < -0.3 is 14.2 Å². The molecule has 148 valence electrons. The van der Waals surface area contributed by atoms with Gasteiger partial charge in [0.1, 0.15) is 5.75 Å². The van der Waals surface area contributed by atoms with E-state index in [4.69, 9.17) is 14.2 Å². The van der Waals surface area contributed by atoms with Crippen molar-refractivity contribution < 1.29 is 19.0 Å². The molecule has 1 aliphatic carbocycles. The maximum absolute atomic E-state index is 12.8. The first kappa shape index (κ1) is 18.8. The van der Waals surface area contributed by atoms with E-state index in [0.717, 1.165) is 11.3 Å². The van der Waals surface area contributed by atoms with Crippen LogP contribution >= 0.6 is 0 Å².